The summed E-state index contributed by atoms with van der Waals surface area (Å²) >= 11 is 0. The third kappa shape index (κ3) is 16.7. The quantitative estimate of drug-likeness (QED) is 0.0652. The highest BCUT2D eigenvalue weighted by Crippen LogP contribution is 2.08. The van der Waals surface area contributed by atoms with Crippen molar-refractivity contribution in [2.75, 3.05) is 133 Å². The van der Waals surface area contributed by atoms with E-state index in [1.165, 1.54) is 0 Å². The van der Waals surface area contributed by atoms with Gasteiger partial charge >= 0.3 is 0 Å². The van der Waals surface area contributed by atoms with Crippen LogP contribution in [0.2, 0.25) is 0 Å². The molecule has 0 saturated heterocycles. The van der Waals surface area contributed by atoms with E-state index in [1.54, 1.807) is 0 Å². The molecule has 224 valence electrons. The summed E-state index contributed by atoms with van der Waals surface area (Å²) in [6.45, 7) is 6.91. The molecule has 1 unspecified atom stereocenters. The van der Waals surface area contributed by atoms with Gasteiger partial charge in [-0.3, -0.25) is 4.90 Å². The summed E-state index contributed by atoms with van der Waals surface area (Å²) in [5.74, 6) is 0. The molecule has 0 saturated carbocycles. The van der Waals surface area contributed by atoms with Crippen LogP contribution in [0, 0.1) is 0 Å². The van der Waals surface area contributed by atoms with Crippen molar-refractivity contribution in [3.05, 3.63) is 36.5 Å². The van der Waals surface area contributed by atoms with Gasteiger partial charge in [0.2, 0.25) is 0 Å². The van der Waals surface area contributed by atoms with Crippen LogP contribution >= 0.6 is 0 Å². The van der Waals surface area contributed by atoms with E-state index in [9.17, 15) is 30.6 Å². The topological polar surface area (TPSA) is 125 Å². The fraction of sp³-hybridized carbons (Fsp3) is 0.786. The molecule has 0 bridgehead atoms. The molecule has 1 atom stereocenters. The molecule has 0 aliphatic carbocycles. The van der Waals surface area contributed by atoms with Gasteiger partial charge in [-0.15, -0.1) is 0 Å². The van der Waals surface area contributed by atoms with Crippen LogP contribution in [-0.4, -0.2) is 188 Å². The predicted molar refractivity (Wildman–Crippen MR) is 153 cm³/mol. The molecule has 10 nitrogen and oxygen atoms in total. The lowest BCUT2D eigenvalue weighted by Gasteiger charge is -2.36. The summed E-state index contributed by atoms with van der Waals surface area (Å²) in [5, 5.41) is 56.4. The molecule has 38 heavy (non-hydrogen) atoms. The molecule has 0 spiro atoms. The molecule has 6 N–H and O–H groups in total. The Bertz CT molecular complexity index is 653. The van der Waals surface area contributed by atoms with Crippen molar-refractivity contribution in [3.8, 4) is 0 Å². The van der Waals surface area contributed by atoms with Crippen molar-refractivity contribution >= 4 is 0 Å². The van der Waals surface area contributed by atoms with Gasteiger partial charge in [0, 0.05) is 25.7 Å². The second kappa shape index (κ2) is 20.7. The second-order valence-corrected chi connectivity index (χ2v) is 11.4. The minimum Gasteiger partial charge on any atom is -0.396 e. The number of aliphatic hydroxyl groups excluding tert-OH is 6. The minimum absolute atomic E-state index is 0.0127. The Morgan fingerprint density at radius 3 is 1.34 bits per heavy atom. The summed E-state index contributed by atoms with van der Waals surface area (Å²) in [6, 6.07) is -0.151. The molecule has 0 aromatic heterocycles. The summed E-state index contributed by atoms with van der Waals surface area (Å²) < 4.78 is 2.10. The number of nitrogens with zero attached hydrogens (tertiary/aromatic N) is 4. The van der Waals surface area contributed by atoms with E-state index in [0.29, 0.717) is 50.2 Å². The van der Waals surface area contributed by atoms with Crippen molar-refractivity contribution in [2.45, 2.75) is 12.5 Å². The molecule has 0 radical (unpaired) electrons. The number of quaternary nitrogens is 3. The maximum atomic E-state index is 9.57. The number of likely N-dealkylation sites (N-methyl/N-ethyl adjacent to an activating group) is 2. The zero-order chi connectivity index (χ0) is 28.9. The highest BCUT2D eigenvalue weighted by Gasteiger charge is 2.24. The summed E-state index contributed by atoms with van der Waals surface area (Å²) in [7, 11) is 8.73. The molecular weight excluding hydrogens is 488 g/mol. The van der Waals surface area contributed by atoms with E-state index in [4.69, 9.17) is 0 Å². The van der Waals surface area contributed by atoms with E-state index in [2.05, 4.69) is 64.6 Å². The van der Waals surface area contributed by atoms with Crippen molar-refractivity contribution < 1.29 is 44.1 Å². The van der Waals surface area contributed by atoms with Crippen LogP contribution in [0.4, 0.5) is 0 Å². The molecule has 0 fully saturated rings. The average molecular weight is 548 g/mol. The Hall–Kier alpha value is -1.18. The maximum absolute atomic E-state index is 9.57. The van der Waals surface area contributed by atoms with Crippen LogP contribution in [0.1, 0.15) is 6.42 Å². The maximum Gasteiger partial charge on any atom is 0.102 e. The zero-order valence-electron chi connectivity index (χ0n) is 24.5. The van der Waals surface area contributed by atoms with Crippen LogP contribution in [0.5, 0.6) is 0 Å². The molecule has 0 heterocycles. The first-order chi connectivity index (χ1) is 18.0. The Morgan fingerprint density at radius 2 is 0.974 bits per heavy atom. The normalized spacial score (nSPS) is 14.6. The first kappa shape index (κ1) is 36.8. The van der Waals surface area contributed by atoms with Crippen LogP contribution in [-0.2, 0) is 0 Å². The lowest BCUT2D eigenvalue weighted by molar-refractivity contribution is -0.923. The van der Waals surface area contributed by atoms with Gasteiger partial charge in [-0.25, -0.2) is 0 Å². The first-order valence-corrected chi connectivity index (χ1v) is 13.9. The number of rotatable bonds is 24. The van der Waals surface area contributed by atoms with E-state index in [1.807, 2.05) is 4.90 Å². The fourth-order valence-electron chi connectivity index (χ4n) is 4.43. The average Bonchev–Trinajstić information content (AvgIpc) is 2.86. The van der Waals surface area contributed by atoms with Crippen LogP contribution < -0.4 is 0 Å². The van der Waals surface area contributed by atoms with Gasteiger partial charge in [0.05, 0.1) is 93.9 Å². The third-order valence-corrected chi connectivity index (χ3v) is 7.03. The summed E-state index contributed by atoms with van der Waals surface area (Å²) in [4.78, 5) is 1.99. The van der Waals surface area contributed by atoms with Crippen LogP contribution in [0.25, 0.3) is 0 Å². The van der Waals surface area contributed by atoms with Crippen molar-refractivity contribution in [1.82, 2.24) is 4.90 Å². The molecule has 0 aromatic rings. The van der Waals surface area contributed by atoms with E-state index in [-0.39, 0.29) is 45.7 Å². The van der Waals surface area contributed by atoms with Crippen LogP contribution in [0.15, 0.2) is 36.5 Å². The lowest BCUT2D eigenvalue weighted by Crippen LogP contribution is -2.53. The fourth-order valence-corrected chi connectivity index (χ4v) is 4.43. The monoisotopic (exact) mass is 547 g/mol. The Kier molecular flexibility index (Phi) is 20.0. The molecule has 0 amide bonds. The first-order valence-electron chi connectivity index (χ1n) is 13.9. The van der Waals surface area contributed by atoms with Gasteiger partial charge < -0.3 is 44.1 Å². The van der Waals surface area contributed by atoms with E-state index >= 15 is 0 Å². The van der Waals surface area contributed by atoms with Crippen molar-refractivity contribution in [2.24, 2.45) is 0 Å². The van der Waals surface area contributed by atoms with Gasteiger partial charge in [-0.1, -0.05) is 6.08 Å². The van der Waals surface area contributed by atoms with E-state index < -0.39 is 0 Å². The number of hydrogen-bond acceptors (Lipinski definition) is 7. The zero-order valence-corrected chi connectivity index (χ0v) is 24.5. The molecule has 0 aliphatic rings. The van der Waals surface area contributed by atoms with Crippen molar-refractivity contribution in [1.29, 1.82) is 0 Å². The highest BCUT2D eigenvalue weighted by atomic mass is 16.3. The Balaban J connectivity index is 4.69. The lowest BCUT2D eigenvalue weighted by atomic mass is 10.2. The van der Waals surface area contributed by atoms with Crippen LogP contribution in [0.3, 0.4) is 0 Å². The highest BCUT2D eigenvalue weighted by molar-refractivity contribution is 4.89. The summed E-state index contributed by atoms with van der Waals surface area (Å²) in [5.41, 5.74) is 0. The Morgan fingerprint density at radius 1 is 0.553 bits per heavy atom. The third-order valence-electron chi connectivity index (χ3n) is 7.03. The molecule has 10 heteroatoms. The van der Waals surface area contributed by atoms with E-state index in [0.717, 1.165) is 35.1 Å². The van der Waals surface area contributed by atoms with Gasteiger partial charge in [0.15, 0.2) is 0 Å². The van der Waals surface area contributed by atoms with Gasteiger partial charge in [-0.05, 0) is 36.8 Å². The Labute approximate surface area is 231 Å². The smallest absolute Gasteiger partial charge is 0.102 e. The molecule has 0 rings (SSSR count). The SMILES string of the molecule is C[N+](C)(C/C=C/CN(CCO)C(CO)CCO)C/C=C/C[N+](C)(C)C/C=C/C[N+](CCO)(CCO)CCO. The van der Waals surface area contributed by atoms with Gasteiger partial charge in [-0.2, -0.15) is 0 Å². The number of aliphatic hydroxyl groups is 6. The van der Waals surface area contributed by atoms with Gasteiger partial charge in [0.25, 0.3) is 0 Å². The minimum atomic E-state index is -0.151. The predicted octanol–water partition coefficient (Wildman–Crippen LogP) is -1.36. The number of hydrogen-bond donors (Lipinski definition) is 6. The van der Waals surface area contributed by atoms with Gasteiger partial charge in [0.1, 0.15) is 19.6 Å². The largest absolute Gasteiger partial charge is 0.396 e. The molecule has 0 aliphatic heterocycles. The molecular formula is C28H59N4O6+3. The summed E-state index contributed by atoms with van der Waals surface area (Å²) in [6.07, 6.45) is 13.4. The second-order valence-electron chi connectivity index (χ2n) is 11.4. The standard InChI is InChI=1S/C28H59N4O6/c1-30(2,14-6-5-12-29(13-23-34)28(27-38)11-22-33)15-7-8-16-31(3,4)17-9-10-18-32(19-24-35,20-25-36)21-26-37/h5-10,28,33-38H,11-27H2,1-4H3/q+3/b6-5+,8-7+,10-9+. The molecule has 0 aromatic carbocycles. The van der Waals surface area contributed by atoms with Crippen molar-refractivity contribution in [3.63, 3.8) is 0 Å².